The van der Waals surface area contributed by atoms with Crippen molar-refractivity contribution in [1.29, 1.82) is 0 Å². The van der Waals surface area contributed by atoms with E-state index in [9.17, 15) is 14.9 Å². The van der Waals surface area contributed by atoms with Crippen molar-refractivity contribution in [3.63, 3.8) is 0 Å². The van der Waals surface area contributed by atoms with Crippen LogP contribution in [0.25, 0.3) is 0 Å². The first-order valence-corrected chi connectivity index (χ1v) is 6.28. The van der Waals surface area contributed by atoms with E-state index in [1.165, 1.54) is 6.07 Å². The average Bonchev–Trinajstić information content (AvgIpc) is 2.88. The van der Waals surface area contributed by atoms with Crippen LogP contribution >= 0.6 is 11.6 Å². The Kier molecular flexibility index (Phi) is 4.13. The van der Waals surface area contributed by atoms with Crippen molar-refractivity contribution >= 4 is 34.8 Å². The molecule has 0 aliphatic rings. The van der Waals surface area contributed by atoms with Crippen molar-refractivity contribution < 1.29 is 14.1 Å². The van der Waals surface area contributed by atoms with Crippen LogP contribution < -0.4 is 10.2 Å². The van der Waals surface area contributed by atoms with Crippen LogP contribution in [-0.4, -0.2) is 24.9 Å². The molecular weight excluding hydrogens is 298 g/mol. The fourth-order valence-electron chi connectivity index (χ4n) is 1.73. The summed E-state index contributed by atoms with van der Waals surface area (Å²) in [7, 11) is 3.63. The SMILES string of the molecule is CN(C)c1ccc(Cl)cc1NC(=O)c1ccc([N+](=O)[O-])o1. The van der Waals surface area contributed by atoms with Gasteiger partial charge in [-0.05, 0) is 24.3 Å². The zero-order valence-electron chi connectivity index (χ0n) is 11.3. The van der Waals surface area contributed by atoms with Crippen LogP contribution in [0.15, 0.2) is 34.7 Å². The second-order valence-corrected chi connectivity index (χ2v) is 4.84. The maximum Gasteiger partial charge on any atom is 0.433 e. The maximum atomic E-state index is 12.0. The molecule has 0 aliphatic carbocycles. The fraction of sp³-hybridized carbons (Fsp3) is 0.154. The van der Waals surface area contributed by atoms with Gasteiger partial charge in [0.2, 0.25) is 0 Å². The molecule has 1 amide bonds. The number of furan rings is 1. The highest BCUT2D eigenvalue weighted by molar-refractivity contribution is 6.31. The number of nitrogens with one attached hydrogen (secondary N) is 1. The van der Waals surface area contributed by atoms with Crippen LogP contribution in [0.3, 0.4) is 0 Å². The van der Waals surface area contributed by atoms with Crippen LogP contribution in [0.2, 0.25) is 5.02 Å². The molecule has 1 heterocycles. The smallest absolute Gasteiger partial charge is 0.395 e. The van der Waals surface area contributed by atoms with Crippen molar-refractivity contribution in [2.24, 2.45) is 0 Å². The lowest BCUT2D eigenvalue weighted by atomic mass is 10.2. The second-order valence-electron chi connectivity index (χ2n) is 4.41. The molecule has 0 atom stereocenters. The first kappa shape index (κ1) is 14.9. The van der Waals surface area contributed by atoms with E-state index < -0.39 is 16.7 Å². The third-order valence-electron chi connectivity index (χ3n) is 2.68. The number of nitrogens with zero attached hydrogens (tertiary/aromatic N) is 2. The van der Waals surface area contributed by atoms with Crippen molar-refractivity contribution in [1.82, 2.24) is 0 Å². The molecule has 21 heavy (non-hydrogen) atoms. The molecule has 0 radical (unpaired) electrons. The Balaban J connectivity index is 2.26. The molecule has 0 saturated carbocycles. The number of hydrogen-bond acceptors (Lipinski definition) is 5. The number of benzene rings is 1. The standard InChI is InChI=1S/C13H12ClN3O4/c1-16(2)10-4-3-8(14)7-9(10)15-13(18)11-5-6-12(21-11)17(19)20/h3-7H,1-2H3,(H,15,18). The molecule has 2 aromatic rings. The summed E-state index contributed by atoms with van der Waals surface area (Å²) < 4.78 is 4.85. The molecular formula is C13H12ClN3O4. The van der Waals surface area contributed by atoms with E-state index in [0.717, 1.165) is 11.8 Å². The first-order valence-electron chi connectivity index (χ1n) is 5.91. The van der Waals surface area contributed by atoms with Crippen LogP contribution in [0.4, 0.5) is 17.3 Å². The van der Waals surface area contributed by atoms with Gasteiger partial charge in [-0.15, -0.1) is 0 Å². The Morgan fingerprint density at radius 2 is 2.05 bits per heavy atom. The van der Waals surface area contributed by atoms with Crippen LogP contribution in [-0.2, 0) is 0 Å². The molecule has 0 unspecified atom stereocenters. The zero-order valence-corrected chi connectivity index (χ0v) is 12.0. The van der Waals surface area contributed by atoms with E-state index in [0.29, 0.717) is 10.7 Å². The van der Waals surface area contributed by atoms with Gasteiger partial charge in [0, 0.05) is 19.1 Å². The number of carbonyl (C=O) groups excluding carboxylic acids is 1. The summed E-state index contributed by atoms with van der Waals surface area (Å²) in [4.78, 5) is 23.7. The summed E-state index contributed by atoms with van der Waals surface area (Å²) >= 11 is 5.91. The Bertz CT molecular complexity index is 696. The van der Waals surface area contributed by atoms with Gasteiger partial charge in [0.1, 0.15) is 4.92 Å². The topological polar surface area (TPSA) is 88.6 Å². The van der Waals surface area contributed by atoms with Gasteiger partial charge in [-0.3, -0.25) is 14.9 Å². The van der Waals surface area contributed by atoms with Gasteiger partial charge >= 0.3 is 5.88 Å². The van der Waals surface area contributed by atoms with Crippen LogP contribution in [0.1, 0.15) is 10.6 Å². The highest BCUT2D eigenvalue weighted by Crippen LogP contribution is 2.28. The number of anilines is 2. The molecule has 0 bridgehead atoms. The molecule has 0 saturated heterocycles. The van der Waals surface area contributed by atoms with Crippen molar-refractivity contribution in [2.75, 3.05) is 24.3 Å². The van der Waals surface area contributed by atoms with Gasteiger partial charge in [-0.1, -0.05) is 11.6 Å². The molecule has 1 N–H and O–H groups in total. The fourth-order valence-corrected chi connectivity index (χ4v) is 1.90. The second kappa shape index (κ2) is 5.84. The van der Waals surface area contributed by atoms with E-state index in [1.807, 2.05) is 14.1 Å². The number of rotatable bonds is 4. The summed E-state index contributed by atoms with van der Waals surface area (Å²) in [6.45, 7) is 0. The van der Waals surface area contributed by atoms with Crippen molar-refractivity contribution in [3.8, 4) is 0 Å². The van der Waals surface area contributed by atoms with Gasteiger partial charge in [0.05, 0.1) is 17.4 Å². The Hall–Kier alpha value is -2.54. The Morgan fingerprint density at radius 1 is 1.33 bits per heavy atom. The minimum Gasteiger partial charge on any atom is -0.395 e. The predicted octanol–water partition coefficient (Wildman–Crippen LogP) is 3.16. The molecule has 2 rings (SSSR count). The van der Waals surface area contributed by atoms with E-state index >= 15 is 0 Å². The van der Waals surface area contributed by atoms with E-state index in [1.54, 1.807) is 23.1 Å². The van der Waals surface area contributed by atoms with Crippen molar-refractivity contribution in [3.05, 3.63) is 51.2 Å². The van der Waals surface area contributed by atoms with Gasteiger partial charge < -0.3 is 14.6 Å². The molecule has 1 aromatic heterocycles. The average molecular weight is 310 g/mol. The van der Waals surface area contributed by atoms with Crippen molar-refractivity contribution in [2.45, 2.75) is 0 Å². The molecule has 8 heteroatoms. The lowest BCUT2D eigenvalue weighted by Gasteiger charge is -2.17. The normalized spacial score (nSPS) is 10.2. The van der Waals surface area contributed by atoms with E-state index in [4.69, 9.17) is 16.0 Å². The third-order valence-corrected chi connectivity index (χ3v) is 2.92. The summed E-state index contributed by atoms with van der Waals surface area (Å²) in [5, 5.41) is 13.6. The van der Waals surface area contributed by atoms with Crippen LogP contribution in [0, 0.1) is 10.1 Å². The lowest BCUT2D eigenvalue weighted by molar-refractivity contribution is -0.402. The number of halogens is 1. The molecule has 0 aliphatic heterocycles. The summed E-state index contributed by atoms with van der Waals surface area (Å²) in [5.74, 6) is -1.22. The Morgan fingerprint density at radius 3 is 2.62 bits per heavy atom. The molecule has 0 fully saturated rings. The highest BCUT2D eigenvalue weighted by atomic mass is 35.5. The van der Waals surface area contributed by atoms with Gasteiger partial charge in [0.25, 0.3) is 5.91 Å². The van der Waals surface area contributed by atoms with Gasteiger partial charge in [0.15, 0.2) is 5.76 Å². The summed E-state index contributed by atoms with van der Waals surface area (Å²) in [6, 6.07) is 7.41. The largest absolute Gasteiger partial charge is 0.433 e. The molecule has 0 spiro atoms. The minimum atomic E-state index is -0.707. The number of carbonyl (C=O) groups is 1. The monoisotopic (exact) mass is 309 g/mol. The van der Waals surface area contributed by atoms with Gasteiger partial charge in [-0.25, -0.2) is 0 Å². The highest BCUT2D eigenvalue weighted by Gasteiger charge is 2.18. The predicted molar refractivity (Wildman–Crippen MR) is 79.1 cm³/mol. The lowest BCUT2D eigenvalue weighted by Crippen LogP contribution is -2.16. The molecule has 110 valence electrons. The molecule has 1 aromatic carbocycles. The Labute approximate surface area is 125 Å². The molecule has 7 nitrogen and oxygen atoms in total. The third kappa shape index (κ3) is 3.32. The summed E-state index contributed by atoms with van der Waals surface area (Å²) in [5.41, 5.74) is 1.23. The maximum absolute atomic E-state index is 12.0. The van der Waals surface area contributed by atoms with E-state index in [-0.39, 0.29) is 5.76 Å². The van der Waals surface area contributed by atoms with Gasteiger partial charge in [-0.2, -0.15) is 0 Å². The van der Waals surface area contributed by atoms with E-state index in [2.05, 4.69) is 5.32 Å². The first-order chi connectivity index (χ1) is 9.88. The quantitative estimate of drug-likeness (QED) is 0.692. The number of nitro groups is 1. The summed E-state index contributed by atoms with van der Waals surface area (Å²) in [6.07, 6.45) is 0. The minimum absolute atomic E-state index is 0.147. The zero-order chi connectivity index (χ0) is 15.6. The van der Waals surface area contributed by atoms with Crippen LogP contribution in [0.5, 0.6) is 0 Å². The number of amides is 1. The number of hydrogen-bond donors (Lipinski definition) is 1.